The van der Waals surface area contributed by atoms with E-state index in [4.69, 9.17) is 0 Å². The molecule has 0 saturated heterocycles. The molecule has 0 fully saturated rings. The van der Waals surface area contributed by atoms with Gasteiger partial charge in [-0.1, -0.05) is 60.7 Å². The minimum absolute atomic E-state index is 0.522. The highest BCUT2D eigenvalue weighted by molar-refractivity contribution is 9.12. The lowest BCUT2D eigenvalue weighted by atomic mass is 10.1. The van der Waals surface area contributed by atoms with E-state index in [-0.39, 0.29) is 0 Å². The van der Waals surface area contributed by atoms with Crippen molar-refractivity contribution in [3.63, 3.8) is 0 Å². The van der Waals surface area contributed by atoms with Gasteiger partial charge in [0.1, 0.15) is 0 Å². The topological polar surface area (TPSA) is 61.7 Å². The first-order valence-corrected chi connectivity index (χ1v) is 7.44. The van der Waals surface area contributed by atoms with E-state index in [1.54, 1.807) is 24.3 Å². The molecule has 0 aliphatic heterocycles. The average molecular weight is 359 g/mol. The summed E-state index contributed by atoms with van der Waals surface area (Å²) >= 11 is 3.34. The smallest absolute Gasteiger partial charge is 0.273 e. The molecule has 0 bridgehead atoms. The number of hydrogen-bond donors (Lipinski definition) is 2. The number of carbonyl (C=O) groups is 1. The van der Waals surface area contributed by atoms with Crippen LogP contribution in [0.5, 0.6) is 0 Å². The third-order valence-corrected chi connectivity index (χ3v) is 3.26. The lowest BCUT2D eigenvalue weighted by Crippen LogP contribution is -2.25. The normalized spacial score (nSPS) is 13.1. The molecular weight excluding hydrogens is 344 g/mol. The van der Waals surface area contributed by atoms with Crippen molar-refractivity contribution < 1.29 is 9.90 Å². The number of amides is 1. The molecular formula is C17H15BrN2O2. The zero-order valence-corrected chi connectivity index (χ0v) is 13.3. The molecule has 0 aliphatic carbocycles. The standard InChI is InChI=1S/C17H15BrN2O2/c18-15(11-13-7-3-1-4-8-13)12-19-20-17(22)16(21)14-9-5-2-6-10-14/h1-12,16,21H,(H,20,22)/b15-11-,19-12-/t16-/m0/s1. The molecule has 1 amide bonds. The summed E-state index contributed by atoms with van der Waals surface area (Å²) in [6.07, 6.45) is 2.08. The maximum absolute atomic E-state index is 11.8. The van der Waals surface area contributed by atoms with E-state index in [9.17, 15) is 9.90 Å². The molecule has 5 heteroatoms. The van der Waals surface area contributed by atoms with Crippen LogP contribution in [0.3, 0.4) is 0 Å². The fraction of sp³-hybridized carbons (Fsp3) is 0.0588. The highest BCUT2D eigenvalue weighted by Gasteiger charge is 2.15. The quantitative estimate of drug-likeness (QED) is 0.636. The Balaban J connectivity index is 1.92. The fourth-order valence-electron chi connectivity index (χ4n) is 1.75. The average Bonchev–Trinajstić information content (AvgIpc) is 2.55. The molecule has 2 aromatic carbocycles. The lowest BCUT2D eigenvalue weighted by molar-refractivity contribution is -0.129. The van der Waals surface area contributed by atoms with Crippen molar-refractivity contribution in [2.24, 2.45) is 5.10 Å². The monoisotopic (exact) mass is 358 g/mol. The van der Waals surface area contributed by atoms with Crippen molar-refractivity contribution in [1.82, 2.24) is 5.43 Å². The van der Waals surface area contributed by atoms with Crippen LogP contribution in [0, 0.1) is 0 Å². The number of nitrogens with one attached hydrogen (secondary N) is 1. The number of aliphatic hydroxyl groups excluding tert-OH is 1. The molecule has 0 radical (unpaired) electrons. The summed E-state index contributed by atoms with van der Waals surface area (Å²) in [6, 6.07) is 18.4. The Kier molecular flexibility index (Phi) is 6.06. The predicted octanol–water partition coefficient (Wildman–Crippen LogP) is 3.26. The van der Waals surface area contributed by atoms with Crippen molar-refractivity contribution in [3.8, 4) is 0 Å². The van der Waals surface area contributed by atoms with Gasteiger partial charge < -0.3 is 5.11 Å². The zero-order valence-electron chi connectivity index (χ0n) is 11.7. The predicted molar refractivity (Wildman–Crippen MR) is 91.4 cm³/mol. The number of hydrogen-bond acceptors (Lipinski definition) is 3. The SMILES string of the molecule is O=C(N/N=C\C(Br)=C\c1ccccc1)[C@@H](O)c1ccccc1. The molecule has 2 N–H and O–H groups in total. The van der Waals surface area contributed by atoms with Crippen molar-refractivity contribution in [1.29, 1.82) is 0 Å². The van der Waals surface area contributed by atoms with E-state index in [0.29, 0.717) is 10.0 Å². The molecule has 0 aliphatic rings. The summed E-state index contributed by atoms with van der Waals surface area (Å²) in [5.41, 5.74) is 3.84. The Morgan fingerprint density at radius 3 is 2.32 bits per heavy atom. The summed E-state index contributed by atoms with van der Waals surface area (Å²) in [7, 11) is 0. The van der Waals surface area contributed by atoms with E-state index >= 15 is 0 Å². The molecule has 0 saturated carbocycles. The third-order valence-electron chi connectivity index (χ3n) is 2.83. The second-order valence-electron chi connectivity index (χ2n) is 4.49. The second kappa shape index (κ2) is 8.26. The van der Waals surface area contributed by atoms with E-state index in [1.807, 2.05) is 42.5 Å². The zero-order chi connectivity index (χ0) is 15.8. The van der Waals surface area contributed by atoms with Gasteiger partial charge in [0.15, 0.2) is 6.10 Å². The molecule has 0 spiro atoms. The van der Waals surface area contributed by atoms with E-state index in [1.165, 1.54) is 6.21 Å². The van der Waals surface area contributed by atoms with Crippen LogP contribution in [0.1, 0.15) is 17.2 Å². The van der Waals surface area contributed by atoms with Crippen molar-refractivity contribution in [2.75, 3.05) is 0 Å². The molecule has 2 rings (SSSR count). The molecule has 22 heavy (non-hydrogen) atoms. The number of halogens is 1. The molecule has 0 unspecified atom stereocenters. The van der Waals surface area contributed by atoms with Gasteiger partial charge >= 0.3 is 0 Å². The Morgan fingerprint density at radius 2 is 1.68 bits per heavy atom. The summed E-state index contributed by atoms with van der Waals surface area (Å²) in [4.78, 5) is 11.8. The van der Waals surface area contributed by atoms with E-state index in [2.05, 4.69) is 26.5 Å². The molecule has 0 aromatic heterocycles. The van der Waals surface area contributed by atoms with Crippen LogP contribution in [0.2, 0.25) is 0 Å². The number of hydrazone groups is 1. The largest absolute Gasteiger partial charge is 0.378 e. The molecule has 0 heterocycles. The molecule has 112 valence electrons. The summed E-state index contributed by atoms with van der Waals surface area (Å²) in [5, 5.41) is 13.7. The number of carbonyl (C=O) groups excluding carboxylic acids is 1. The first kappa shape index (κ1) is 16.1. The first-order chi connectivity index (χ1) is 10.7. The van der Waals surface area contributed by atoms with Gasteiger partial charge in [0.05, 0.1) is 6.21 Å². The highest BCUT2D eigenvalue weighted by Crippen LogP contribution is 2.12. The number of nitrogens with zero attached hydrogens (tertiary/aromatic N) is 1. The summed E-state index contributed by atoms with van der Waals surface area (Å²) in [6.45, 7) is 0. The molecule has 4 nitrogen and oxygen atoms in total. The van der Waals surface area contributed by atoms with Gasteiger partial charge in [-0.2, -0.15) is 5.10 Å². The van der Waals surface area contributed by atoms with Crippen molar-refractivity contribution >= 4 is 34.1 Å². The van der Waals surface area contributed by atoms with E-state index in [0.717, 1.165) is 5.56 Å². The van der Waals surface area contributed by atoms with Gasteiger partial charge in [-0.05, 0) is 33.1 Å². The Bertz CT molecular complexity index is 670. The van der Waals surface area contributed by atoms with Gasteiger partial charge in [0, 0.05) is 4.48 Å². The summed E-state index contributed by atoms with van der Waals surface area (Å²) in [5.74, 6) is -0.581. The number of allylic oxidation sites excluding steroid dienone is 1. The maximum atomic E-state index is 11.8. The Morgan fingerprint density at radius 1 is 1.09 bits per heavy atom. The van der Waals surface area contributed by atoms with Crippen LogP contribution >= 0.6 is 15.9 Å². The Labute approximate surface area is 137 Å². The number of aliphatic hydroxyl groups is 1. The third kappa shape index (κ3) is 4.95. The van der Waals surface area contributed by atoms with E-state index < -0.39 is 12.0 Å². The summed E-state index contributed by atoms with van der Waals surface area (Å²) < 4.78 is 0.702. The van der Waals surface area contributed by atoms with Crippen LogP contribution in [0.25, 0.3) is 6.08 Å². The minimum Gasteiger partial charge on any atom is -0.378 e. The maximum Gasteiger partial charge on any atom is 0.273 e. The molecule has 1 atom stereocenters. The van der Waals surface area contributed by atoms with Gasteiger partial charge in [-0.3, -0.25) is 4.79 Å². The van der Waals surface area contributed by atoms with Gasteiger partial charge in [-0.15, -0.1) is 0 Å². The highest BCUT2D eigenvalue weighted by atomic mass is 79.9. The number of rotatable bonds is 5. The second-order valence-corrected chi connectivity index (χ2v) is 5.40. The van der Waals surface area contributed by atoms with Crippen molar-refractivity contribution in [3.05, 3.63) is 76.3 Å². The van der Waals surface area contributed by atoms with Gasteiger partial charge in [0.2, 0.25) is 0 Å². The Hall–Kier alpha value is -2.24. The van der Waals surface area contributed by atoms with Gasteiger partial charge in [-0.25, -0.2) is 5.43 Å². The van der Waals surface area contributed by atoms with Crippen LogP contribution in [-0.2, 0) is 4.79 Å². The fourth-order valence-corrected chi connectivity index (χ4v) is 2.12. The van der Waals surface area contributed by atoms with Crippen molar-refractivity contribution in [2.45, 2.75) is 6.10 Å². The number of benzene rings is 2. The van der Waals surface area contributed by atoms with Crippen LogP contribution in [-0.4, -0.2) is 17.2 Å². The molecule has 2 aromatic rings. The van der Waals surface area contributed by atoms with Gasteiger partial charge in [0.25, 0.3) is 5.91 Å². The minimum atomic E-state index is -1.24. The van der Waals surface area contributed by atoms with Crippen LogP contribution in [0.4, 0.5) is 0 Å². The van der Waals surface area contributed by atoms with Crippen LogP contribution in [0.15, 0.2) is 70.2 Å². The van der Waals surface area contributed by atoms with Crippen LogP contribution < -0.4 is 5.43 Å². The lowest BCUT2D eigenvalue weighted by Gasteiger charge is -2.08. The first-order valence-electron chi connectivity index (χ1n) is 6.65.